The summed E-state index contributed by atoms with van der Waals surface area (Å²) in [5, 5.41) is 9.94. The average Bonchev–Trinajstić information content (AvgIpc) is 3.50. The minimum atomic E-state index is -1.37. The molecule has 7 nitrogen and oxygen atoms in total. The molecule has 0 radical (unpaired) electrons. The fraction of sp³-hybridized carbons (Fsp3) is 0.724. The molecule has 2 bridgehead atoms. The molecule has 3 aliphatic carbocycles. The first-order valence-electron chi connectivity index (χ1n) is 14.0. The Kier molecular flexibility index (Phi) is 7.62. The molecule has 8 atom stereocenters. The number of hydrogen-bond donors (Lipinski definition) is 1. The lowest BCUT2D eigenvalue weighted by Crippen LogP contribution is -2.63. The Morgan fingerprint density at radius 2 is 1.97 bits per heavy atom. The van der Waals surface area contributed by atoms with Gasteiger partial charge in [-0.15, -0.1) is 11.6 Å². The van der Waals surface area contributed by atoms with E-state index < -0.39 is 42.4 Å². The minimum Gasteiger partial charge on any atom is -0.479 e. The van der Waals surface area contributed by atoms with Gasteiger partial charge in [0.15, 0.2) is 18.2 Å². The molecule has 5 rings (SSSR count). The van der Waals surface area contributed by atoms with Gasteiger partial charge in [-0.3, -0.25) is 4.79 Å². The summed E-state index contributed by atoms with van der Waals surface area (Å²) in [5.74, 6) is -1.25. The summed E-state index contributed by atoms with van der Waals surface area (Å²) in [6.07, 6.45) is 3.25. The van der Waals surface area contributed by atoms with E-state index in [-0.39, 0.29) is 58.8 Å². The first-order valence-corrected chi connectivity index (χ1v) is 14.5. The SMILES string of the molecule is CO[C@@H]1CC[C@@]23CC[C@H](C)[C@@](C)([C@H](OC(=O)COc4ccc5c(c4F)B(O)OC5)C[C@@](C)(CCl)C(=O)[C@@H]2C)[C@@H]13. The number of ether oxygens (including phenoxy) is 3. The highest BCUT2D eigenvalue weighted by atomic mass is 35.5. The van der Waals surface area contributed by atoms with Crippen LogP contribution in [0.25, 0.3) is 0 Å². The van der Waals surface area contributed by atoms with Gasteiger partial charge in [-0.05, 0) is 55.1 Å². The van der Waals surface area contributed by atoms with Crippen molar-refractivity contribution >= 4 is 35.9 Å². The van der Waals surface area contributed by atoms with E-state index in [9.17, 15) is 19.0 Å². The van der Waals surface area contributed by atoms with Crippen molar-refractivity contribution in [3.05, 3.63) is 23.5 Å². The lowest BCUT2D eigenvalue weighted by atomic mass is 9.44. The predicted molar refractivity (Wildman–Crippen MR) is 144 cm³/mol. The van der Waals surface area contributed by atoms with Crippen molar-refractivity contribution in [3.63, 3.8) is 0 Å². The number of ketones is 1. The molecule has 0 amide bonds. The van der Waals surface area contributed by atoms with Gasteiger partial charge in [0.1, 0.15) is 11.9 Å². The molecule has 1 aliphatic heterocycles. The van der Waals surface area contributed by atoms with Gasteiger partial charge in [-0.1, -0.05) is 33.8 Å². The minimum absolute atomic E-state index is 0.0260. The van der Waals surface area contributed by atoms with E-state index >= 15 is 0 Å². The van der Waals surface area contributed by atoms with Crippen LogP contribution in [0, 0.1) is 39.8 Å². The molecule has 214 valence electrons. The van der Waals surface area contributed by atoms with Gasteiger partial charge in [-0.25, -0.2) is 9.18 Å². The third-order valence-corrected chi connectivity index (χ3v) is 11.5. The number of methoxy groups -OCH3 is 1. The number of halogens is 2. The molecule has 0 spiro atoms. The smallest absolute Gasteiger partial charge is 0.479 e. The van der Waals surface area contributed by atoms with Crippen LogP contribution in [0.5, 0.6) is 5.75 Å². The van der Waals surface area contributed by atoms with Crippen LogP contribution >= 0.6 is 11.6 Å². The topological polar surface area (TPSA) is 91.3 Å². The van der Waals surface area contributed by atoms with E-state index in [1.807, 2.05) is 6.92 Å². The summed E-state index contributed by atoms with van der Waals surface area (Å²) in [4.78, 5) is 27.3. The Labute approximate surface area is 235 Å². The van der Waals surface area contributed by atoms with Gasteiger partial charge in [0.2, 0.25) is 0 Å². The summed E-state index contributed by atoms with van der Waals surface area (Å²) >= 11 is 6.48. The standard InChI is InChI=1S/C29H39BClFO7/c1-16-8-10-29-11-9-20(36-5)25(29)28(16,4)21(12-27(3,15-31)26(34)17(29)2)39-22(33)14-37-19-7-6-18-13-38-30(35)23(18)24(19)32/h6-7,16-17,20-21,25,35H,8-15H2,1-5H3/t16-,17-,20+,21+,25+,27-,28-,29-/m0/s1. The van der Waals surface area contributed by atoms with E-state index in [0.29, 0.717) is 12.0 Å². The van der Waals surface area contributed by atoms with Crippen LogP contribution in [0.2, 0.25) is 0 Å². The number of Topliss-reactive ketones (excluding diaryl/α,β-unsaturated/α-hetero) is 1. The van der Waals surface area contributed by atoms with Gasteiger partial charge >= 0.3 is 13.1 Å². The zero-order valence-electron chi connectivity index (χ0n) is 23.4. The zero-order chi connectivity index (χ0) is 28.3. The highest BCUT2D eigenvalue weighted by Crippen LogP contribution is 2.68. The largest absolute Gasteiger partial charge is 0.494 e. The Balaban J connectivity index is 1.45. The number of esters is 1. The lowest BCUT2D eigenvalue weighted by Gasteiger charge is -2.61. The number of alkyl halides is 1. The van der Waals surface area contributed by atoms with E-state index in [1.165, 1.54) is 6.07 Å². The van der Waals surface area contributed by atoms with Crippen molar-refractivity contribution < 1.29 is 37.9 Å². The third-order valence-electron chi connectivity index (χ3n) is 10.9. The zero-order valence-corrected chi connectivity index (χ0v) is 24.2. The van der Waals surface area contributed by atoms with Gasteiger partial charge in [0, 0.05) is 41.1 Å². The number of carbonyl (C=O) groups is 2. The summed E-state index contributed by atoms with van der Waals surface area (Å²) < 4.78 is 37.9. The number of fused-ring (bicyclic) bond motifs is 1. The molecule has 0 aromatic heterocycles. The maximum atomic E-state index is 15.0. The summed E-state index contributed by atoms with van der Waals surface area (Å²) in [6.45, 7) is 7.92. The van der Waals surface area contributed by atoms with Crippen molar-refractivity contribution in [2.45, 2.75) is 78.6 Å². The third kappa shape index (κ3) is 4.34. The van der Waals surface area contributed by atoms with Gasteiger partial charge in [0.05, 0.1) is 12.7 Å². The first-order chi connectivity index (χ1) is 18.4. The van der Waals surface area contributed by atoms with Crippen molar-refractivity contribution in [2.24, 2.45) is 34.0 Å². The Bertz CT molecular complexity index is 1150. The Hall–Kier alpha value is -1.68. The Morgan fingerprint density at radius 3 is 2.67 bits per heavy atom. The summed E-state index contributed by atoms with van der Waals surface area (Å²) in [5.41, 5.74) is -1.01. The van der Waals surface area contributed by atoms with Crippen LogP contribution in [0.3, 0.4) is 0 Å². The molecule has 1 aromatic carbocycles. The molecule has 39 heavy (non-hydrogen) atoms. The molecule has 1 heterocycles. The van der Waals surface area contributed by atoms with Gasteiger partial charge in [0.25, 0.3) is 0 Å². The molecular weight excluding hydrogens is 526 g/mol. The number of carbonyl (C=O) groups excluding carboxylic acids is 2. The molecule has 10 heteroatoms. The van der Waals surface area contributed by atoms with E-state index in [0.717, 1.165) is 25.7 Å². The highest BCUT2D eigenvalue weighted by molar-refractivity contribution is 6.61. The molecule has 0 saturated heterocycles. The highest BCUT2D eigenvalue weighted by Gasteiger charge is 2.68. The molecule has 1 aromatic rings. The number of benzene rings is 1. The van der Waals surface area contributed by atoms with Crippen molar-refractivity contribution in [3.8, 4) is 5.75 Å². The summed E-state index contributed by atoms with van der Waals surface area (Å²) in [7, 11) is 0.357. The molecule has 0 unspecified atom stereocenters. The van der Waals surface area contributed by atoms with Crippen LogP contribution in [0.15, 0.2) is 12.1 Å². The maximum absolute atomic E-state index is 15.0. The van der Waals surface area contributed by atoms with E-state index in [2.05, 4.69) is 20.8 Å². The van der Waals surface area contributed by atoms with Crippen molar-refractivity contribution in [2.75, 3.05) is 19.6 Å². The van der Waals surface area contributed by atoms with Crippen molar-refractivity contribution in [1.29, 1.82) is 0 Å². The molecule has 1 N–H and O–H groups in total. The lowest BCUT2D eigenvalue weighted by molar-refractivity contribution is -0.206. The second-order valence-corrected chi connectivity index (χ2v) is 13.0. The summed E-state index contributed by atoms with van der Waals surface area (Å²) in [6, 6.07) is 3.03. The second kappa shape index (κ2) is 10.3. The monoisotopic (exact) mass is 564 g/mol. The van der Waals surface area contributed by atoms with Crippen molar-refractivity contribution in [1.82, 2.24) is 0 Å². The maximum Gasteiger partial charge on any atom is 0.494 e. The fourth-order valence-electron chi connectivity index (χ4n) is 8.48. The van der Waals surface area contributed by atoms with Gasteiger partial charge in [-0.2, -0.15) is 0 Å². The molecule has 4 aliphatic rings. The predicted octanol–water partition coefficient (Wildman–Crippen LogP) is 4.04. The molecule has 3 saturated carbocycles. The first kappa shape index (κ1) is 28.8. The van der Waals surface area contributed by atoms with E-state index in [4.69, 9.17) is 30.5 Å². The molecular formula is C29H39BClFO7. The average molecular weight is 565 g/mol. The number of rotatable bonds is 6. The van der Waals surface area contributed by atoms with Crippen LogP contribution in [-0.2, 0) is 30.3 Å². The van der Waals surface area contributed by atoms with Crippen LogP contribution in [0.1, 0.15) is 65.4 Å². The van der Waals surface area contributed by atoms with E-state index in [1.54, 1.807) is 13.2 Å². The Morgan fingerprint density at radius 1 is 1.26 bits per heavy atom. The quantitative estimate of drug-likeness (QED) is 0.317. The van der Waals surface area contributed by atoms with Gasteiger partial charge < -0.3 is 23.9 Å². The molecule has 3 fully saturated rings. The number of hydrogen-bond acceptors (Lipinski definition) is 7. The normalized spacial score (nSPS) is 39.5. The van der Waals surface area contributed by atoms with Crippen LogP contribution < -0.4 is 10.2 Å². The van der Waals surface area contributed by atoms with Crippen LogP contribution in [0.4, 0.5) is 4.39 Å². The fourth-order valence-corrected chi connectivity index (χ4v) is 8.72. The van der Waals surface area contributed by atoms with Crippen LogP contribution in [-0.4, -0.2) is 55.7 Å². The second-order valence-electron chi connectivity index (χ2n) is 12.7.